The zero-order chi connectivity index (χ0) is 20.3. The van der Waals surface area contributed by atoms with Crippen molar-refractivity contribution >= 4 is 17.5 Å². The highest BCUT2D eigenvalue weighted by atomic mass is 16.5. The number of carbonyl (C=O) groups is 3. The van der Waals surface area contributed by atoms with E-state index >= 15 is 0 Å². The Morgan fingerprint density at radius 1 is 1.11 bits per heavy atom. The van der Waals surface area contributed by atoms with Crippen LogP contribution in [-0.4, -0.2) is 33.9 Å². The van der Waals surface area contributed by atoms with Crippen LogP contribution in [0.25, 0.3) is 0 Å². The van der Waals surface area contributed by atoms with Crippen molar-refractivity contribution in [2.45, 2.75) is 40.2 Å². The molecule has 0 unspecified atom stereocenters. The lowest BCUT2D eigenvalue weighted by molar-refractivity contribution is -0.142. The molecule has 0 radical (unpaired) electrons. The minimum atomic E-state index is -0.992. The van der Waals surface area contributed by atoms with E-state index < -0.39 is 29.4 Å². The zero-order valence-electron chi connectivity index (χ0n) is 15.7. The fourth-order valence-corrected chi connectivity index (χ4v) is 2.64. The maximum Gasteiger partial charge on any atom is 0.334 e. The van der Waals surface area contributed by atoms with Crippen LogP contribution in [-0.2, 0) is 9.53 Å². The van der Waals surface area contributed by atoms with Crippen molar-refractivity contribution in [3.05, 3.63) is 58.2 Å². The van der Waals surface area contributed by atoms with E-state index in [0.717, 1.165) is 23.8 Å². The molecule has 1 aromatic carbocycles. The molecule has 0 heterocycles. The summed E-state index contributed by atoms with van der Waals surface area (Å²) in [5.74, 6) is -2.69. The summed E-state index contributed by atoms with van der Waals surface area (Å²) in [5.41, 5.74) is 0.755. The quantitative estimate of drug-likeness (QED) is 0.355. The summed E-state index contributed by atoms with van der Waals surface area (Å²) >= 11 is 0. The summed E-state index contributed by atoms with van der Waals surface area (Å²) in [5, 5.41) is 20.0. The second-order valence-corrected chi connectivity index (χ2v) is 6.53. The number of Topliss-reactive ketones (excluding diaryl/α,β-unsaturated/α-hetero) is 1. The van der Waals surface area contributed by atoms with Crippen molar-refractivity contribution in [1.82, 2.24) is 0 Å². The Balaban J connectivity index is 2.51. The molecule has 0 bridgehead atoms. The topological polar surface area (TPSA) is 101 Å². The Labute approximate surface area is 157 Å². The maximum absolute atomic E-state index is 12.9. The van der Waals surface area contributed by atoms with Crippen LogP contribution in [0.2, 0.25) is 0 Å². The highest BCUT2D eigenvalue weighted by Gasteiger charge is 2.35. The molecule has 0 aliphatic heterocycles. The minimum Gasteiger partial charge on any atom is -0.507 e. The summed E-state index contributed by atoms with van der Waals surface area (Å²) < 4.78 is 5.46. The Kier molecular flexibility index (Phi) is 6.00. The largest absolute Gasteiger partial charge is 0.507 e. The van der Waals surface area contributed by atoms with Crippen molar-refractivity contribution < 1.29 is 29.3 Å². The van der Waals surface area contributed by atoms with Gasteiger partial charge in [0.15, 0.2) is 11.6 Å². The Morgan fingerprint density at radius 3 is 2.26 bits per heavy atom. The number of aromatic hydroxyl groups is 2. The molecular weight excluding hydrogens is 348 g/mol. The molecule has 1 aliphatic carbocycles. The van der Waals surface area contributed by atoms with Crippen LogP contribution in [0.1, 0.15) is 54.8 Å². The number of benzene rings is 1. The van der Waals surface area contributed by atoms with Gasteiger partial charge in [-0.05, 0) is 45.9 Å². The number of esters is 1. The van der Waals surface area contributed by atoms with E-state index in [1.165, 1.54) is 0 Å². The van der Waals surface area contributed by atoms with E-state index in [0.29, 0.717) is 5.57 Å². The fourth-order valence-electron chi connectivity index (χ4n) is 2.64. The van der Waals surface area contributed by atoms with Crippen LogP contribution in [0.15, 0.2) is 47.1 Å². The first-order chi connectivity index (χ1) is 12.7. The number of hydrogen-bond donors (Lipinski definition) is 2. The van der Waals surface area contributed by atoms with Gasteiger partial charge in [-0.25, -0.2) is 4.79 Å². The standard InChI is InChI=1S/C21H22O6/c1-5-12(4)21(26)27-17(9-6-11(2)3)13-10-16(24)18-14(22)7-8-15(23)19(18)20(13)25/h5-8,10,17,22-23H,9H2,1-4H3/b12-5-/t17-/m0/s1. The molecule has 2 N–H and O–H groups in total. The van der Waals surface area contributed by atoms with Gasteiger partial charge < -0.3 is 14.9 Å². The van der Waals surface area contributed by atoms with Crippen molar-refractivity contribution in [1.29, 1.82) is 0 Å². The van der Waals surface area contributed by atoms with E-state index in [1.54, 1.807) is 26.0 Å². The number of rotatable bonds is 5. The molecule has 0 saturated heterocycles. The highest BCUT2D eigenvalue weighted by Crippen LogP contribution is 2.36. The van der Waals surface area contributed by atoms with Crippen LogP contribution in [0.3, 0.4) is 0 Å². The average molecular weight is 370 g/mol. The first-order valence-corrected chi connectivity index (χ1v) is 8.50. The second kappa shape index (κ2) is 8.03. The number of phenols is 2. The van der Waals surface area contributed by atoms with Crippen LogP contribution in [0.5, 0.6) is 11.5 Å². The second-order valence-electron chi connectivity index (χ2n) is 6.53. The van der Waals surface area contributed by atoms with Crippen molar-refractivity contribution in [2.24, 2.45) is 0 Å². The van der Waals surface area contributed by atoms with E-state index in [9.17, 15) is 24.6 Å². The van der Waals surface area contributed by atoms with Gasteiger partial charge in [0.1, 0.15) is 17.6 Å². The Bertz CT molecular complexity index is 897. The molecule has 1 aromatic rings. The molecule has 2 rings (SSSR count). The van der Waals surface area contributed by atoms with E-state index in [2.05, 4.69) is 0 Å². The average Bonchev–Trinajstić information content (AvgIpc) is 2.62. The van der Waals surface area contributed by atoms with E-state index in [-0.39, 0.29) is 28.9 Å². The predicted molar refractivity (Wildman–Crippen MR) is 99.9 cm³/mol. The molecule has 6 heteroatoms. The van der Waals surface area contributed by atoms with Crippen molar-refractivity contribution in [3.8, 4) is 11.5 Å². The van der Waals surface area contributed by atoms with Gasteiger partial charge in [-0.3, -0.25) is 9.59 Å². The molecule has 0 amide bonds. The third kappa shape index (κ3) is 4.16. The molecule has 0 spiro atoms. The molecule has 0 aromatic heterocycles. The van der Waals surface area contributed by atoms with Crippen LogP contribution in [0, 0.1) is 0 Å². The van der Waals surface area contributed by atoms with Crippen LogP contribution in [0.4, 0.5) is 0 Å². The van der Waals surface area contributed by atoms with Gasteiger partial charge in [0.05, 0.1) is 11.1 Å². The smallest absolute Gasteiger partial charge is 0.334 e. The lowest BCUT2D eigenvalue weighted by atomic mass is 9.85. The first-order valence-electron chi connectivity index (χ1n) is 8.50. The lowest BCUT2D eigenvalue weighted by Crippen LogP contribution is -2.29. The lowest BCUT2D eigenvalue weighted by Gasteiger charge is -2.23. The number of allylic oxidation sites excluding steroid dienone is 3. The number of carbonyl (C=O) groups excluding carboxylic acids is 3. The van der Waals surface area contributed by atoms with Gasteiger partial charge in [0, 0.05) is 17.6 Å². The molecule has 6 nitrogen and oxygen atoms in total. The third-order valence-corrected chi connectivity index (χ3v) is 4.27. The molecule has 1 aliphatic rings. The first kappa shape index (κ1) is 20.2. The van der Waals surface area contributed by atoms with Gasteiger partial charge in [-0.15, -0.1) is 0 Å². The van der Waals surface area contributed by atoms with Gasteiger partial charge in [-0.1, -0.05) is 17.7 Å². The molecule has 27 heavy (non-hydrogen) atoms. The Morgan fingerprint density at radius 2 is 1.70 bits per heavy atom. The summed E-state index contributed by atoms with van der Waals surface area (Å²) in [7, 11) is 0. The Hall–Kier alpha value is -3.15. The summed E-state index contributed by atoms with van der Waals surface area (Å²) in [6.45, 7) is 6.99. The normalized spacial score (nSPS) is 15.0. The van der Waals surface area contributed by atoms with Crippen molar-refractivity contribution in [3.63, 3.8) is 0 Å². The van der Waals surface area contributed by atoms with Gasteiger partial charge >= 0.3 is 5.97 Å². The SMILES string of the molecule is C/C=C(/C)C(=O)O[C@@H](CC=C(C)C)C1=CC(=O)c2c(O)ccc(O)c2C1=O. The van der Waals surface area contributed by atoms with Gasteiger partial charge in [0.25, 0.3) is 0 Å². The summed E-state index contributed by atoms with van der Waals surface area (Å²) in [4.78, 5) is 37.6. The van der Waals surface area contributed by atoms with E-state index in [1.807, 2.05) is 13.8 Å². The number of hydrogen-bond acceptors (Lipinski definition) is 6. The molecule has 0 saturated carbocycles. The molecule has 142 valence electrons. The van der Waals surface area contributed by atoms with E-state index in [4.69, 9.17) is 4.74 Å². The monoisotopic (exact) mass is 370 g/mol. The fraction of sp³-hybridized carbons (Fsp3) is 0.286. The van der Waals surface area contributed by atoms with Crippen molar-refractivity contribution in [2.75, 3.05) is 0 Å². The summed E-state index contributed by atoms with van der Waals surface area (Å²) in [6, 6.07) is 2.29. The number of ketones is 2. The number of phenolic OH excluding ortho intramolecular Hbond substituents is 2. The number of fused-ring (bicyclic) bond motifs is 1. The highest BCUT2D eigenvalue weighted by molar-refractivity contribution is 6.27. The third-order valence-electron chi connectivity index (χ3n) is 4.27. The molecular formula is C21H22O6. The predicted octanol–water partition coefficient (Wildman–Crippen LogP) is 3.64. The summed E-state index contributed by atoms with van der Waals surface area (Å²) in [6.07, 6.45) is 3.64. The van der Waals surface area contributed by atoms with Crippen LogP contribution < -0.4 is 0 Å². The van der Waals surface area contributed by atoms with Crippen LogP contribution >= 0.6 is 0 Å². The van der Waals surface area contributed by atoms with Gasteiger partial charge in [-0.2, -0.15) is 0 Å². The van der Waals surface area contributed by atoms with Gasteiger partial charge in [0.2, 0.25) is 0 Å². The number of ether oxygens (including phenoxy) is 1. The maximum atomic E-state index is 12.9. The zero-order valence-corrected chi connectivity index (χ0v) is 15.7. The molecule has 0 fully saturated rings. The minimum absolute atomic E-state index is 0.0387. The molecule has 1 atom stereocenters.